The molecule has 2 N–H and O–H groups in total. The minimum Gasteiger partial charge on any atom is -0.487 e. The Hall–Kier alpha value is -0.860. The number of halogens is 1. The van der Waals surface area contributed by atoms with Crippen molar-refractivity contribution < 1.29 is 17.9 Å². The molecule has 0 radical (unpaired) electrons. The van der Waals surface area contributed by atoms with Gasteiger partial charge in [-0.05, 0) is 44.5 Å². The molecule has 1 heterocycles. The highest BCUT2D eigenvalue weighted by Gasteiger charge is 2.25. The number of hydrogen-bond donors (Lipinski definition) is 2. The SMILES string of the molecule is COCC(C)Oc1ccc(Cl)cc1S(=O)(=O)NC1CCCNC1. The van der Waals surface area contributed by atoms with E-state index in [9.17, 15) is 8.42 Å². The van der Waals surface area contributed by atoms with E-state index >= 15 is 0 Å². The van der Waals surface area contributed by atoms with E-state index < -0.39 is 10.0 Å². The zero-order valence-electron chi connectivity index (χ0n) is 13.3. The van der Waals surface area contributed by atoms with E-state index in [-0.39, 0.29) is 22.8 Å². The Labute approximate surface area is 142 Å². The maximum Gasteiger partial charge on any atom is 0.244 e. The molecule has 130 valence electrons. The van der Waals surface area contributed by atoms with E-state index in [0.717, 1.165) is 19.4 Å². The maximum atomic E-state index is 12.7. The summed E-state index contributed by atoms with van der Waals surface area (Å²) in [6.07, 6.45) is 1.48. The van der Waals surface area contributed by atoms with Gasteiger partial charge in [-0.1, -0.05) is 11.6 Å². The summed E-state index contributed by atoms with van der Waals surface area (Å²) in [6, 6.07) is 4.46. The molecule has 1 aliphatic heterocycles. The highest BCUT2D eigenvalue weighted by Crippen LogP contribution is 2.28. The van der Waals surface area contributed by atoms with Gasteiger partial charge in [-0.25, -0.2) is 13.1 Å². The van der Waals surface area contributed by atoms with Crippen LogP contribution in [-0.2, 0) is 14.8 Å². The van der Waals surface area contributed by atoms with Crippen LogP contribution in [0.3, 0.4) is 0 Å². The number of sulfonamides is 1. The lowest BCUT2D eigenvalue weighted by Crippen LogP contribution is -2.45. The predicted molar refractivity (Wildman–Crippen MR) is 89.6 cm³/mol. The third-order valence-electron chi connectivity index (χ3n) is 3.54. The van der Waals surface area contributed by atoms with Gasteiger partial charge in [0.2, 0.25) is 10.0 Å². The lowest BCUT2D eigenvalue weighted by Gasteiger charge is -2.24. The van der Waals surface area contributed by atoms with Crippen LogP contribution in [0.4, 0.5) is 0 Å². The molecule has 1 aromatic carbocycles. The van der Waals surface area contributed by atoms with Crippen molar-refractivity contribution in [2.24, 2.45) is 0 Å². The summed E-state index contributed by atoms with van der Waals surface area (Å²) in [5.41, 5.74) is 0. The Bertz CT molecular complexity index is 618. The highest BCUT2D eigenvalue weighted by atomic mass is 35.5. The van der Waals surface area contributed by atoms with E-state index in [4.69, 9.17) is 21.1 Å². The molecule has 0 spiro atoms. The summed E-state index contributed by atoms with van der Waals surface area (Å²) in [5, 5.41) is 3.53. The van der Waals surface area contributed by atoms with E-state index in [1.807, 2.05) is 6.92 Å². The van der Waals surface area contributed by atoms with Crippen LogP contribution in [0.2, 0.25) is 5.02 Å². The second-order valence-electron chi connectivity index (χ2n) is 5.64. The first-order valence-corrected chi connectivity index (χ1v) is 9.46. The van der Waals surface area contributed by atoms with Gasteiger partial charge >= 0.3 is 0 Å². The fourth-order valence-electron chi connectivity index (χ4n) is 2.51. The average molecular weight is 363 g/mol. The van der Waals surface area contributed by atoms with E-state index in [0.29, 0.717) is 18.2 Å². The standard InChI is InChI=1S/C15H23ClN2O4S/c1-11(10-21-2)22-14-6-5-12(16)8-15(14)23(19,20)18-13-4-3-7-17-9-13/h5-6,8,11,13,17-18H,3-4,7,9-10H2,1-2H3. The molecule has 0 amide bonds. The number of ether oxygens (including phenoxy) is 2. The molecule has 0 aliphatic carbocycles. The fourth-order valence-corrected chi connectivity index (χ4v) is 4.18. The molecule has 2 unspecified atom stereocenters. The minimum absolute atomic E-state index is 0.0542. The molecule has 0 bridgehead atoms. The van der Waals surface area contributed by atoms with Gasteiger partial charge in [0.1, 0.15) is 16.7 Å². The molecule has 0 saturated carbocycles. The van der Waals surface area contributed by atoms with Crippen molar-refractivity contribution in [1.29, 1.82) is 0 Å². The highest BCUT2D eigenvalue weighted by molar-refractivity contribution is 7.89. The third kappa shape index (κ3) is 5.32. The molecule has 2 atom stereocenters. The average Bonchev–Trinajstić information content (AvgIpc) is 2.50. The molecule has 2 rings (SSSR count). The monoisotopic (exact) mass is 362 g/mol. The van der Waals surface area contributed by atoms with E-state index in [1.165, 1.54) is 6.07 Å². The molecule has 0 aromatic heterocycles. The first kappa shape index (κ1) is 18.5. The van der Waals surface area contributed by atoms with Crippen molar-refractivity contribution in [3.05, 3.63) is 23.2 Å². The molecule has 6 nitrogen and oxygen atoms in total. The van der Waals surface area contributed by atoms with Crippen molar-refractivity contribution in [2.75, 3.05) is 26.8 Å². The molecular weight excluding hydrogens is 340 g/mol. The topological polar surface area (TPSA) is 76.7 Å². The van der Waals surface area contributed by atoms with Crippen LogP contribution < -0.4 is 14.8 Å². The maximum absolute atomic E-state index is 12.7. The Balaban J connectivity index is 2.22. The molecule has 23 heavy (non-hydrogen) atoms. The van der Waals surface area contributed by atoms with Crippen LogP contribution in [-0.4, -0.2) is 47.4 Å². The van der Waals surface area contributed by atoms with Gasteiger partial charge in [0.05, 0.1) is 6.61 Å². The first-order chi connectivity index (χ1) is 10.9. The lowest BCUT2D eigenvalue weighted by molar-refractivity contribution is 0.0901. The third-order valence-corrected chi connectivity index (χ3v) is 5.32. The number of rotatable bonds is 7. The molecule has 1 saturated heterocycles. The zero-order chi connectivity index (χ0) is 16.9. The van der Waals surface area contributed by atoms with Crippen LogP contribution in [0.15, 0.2) is 23.1 Å². The summed E-state index contributed by atoms with van der Waals surface area (Å²) in [6.45, 7) is 3.71. The van der Waals surface area contributed by atoms with Gasteiger partial charge in [0.25, 0.3) is 0 Å². The van der Waals surface area contributed by atoms with Crippen LogP contribution >= 0.6 is 11.6 Å². The summed E-state index contributed by atoms with van der Waals surface area (Å²) < 4.78 is 38.9. The van der Waals surface area contributed by atoms with Gasteiger partial charge in [-0.2, -0.15) is 0 Å². The van der Waals surface area contributed by atoms with Crippen LogP contribution in [0.25, 0.3) is 0 Å². The number of nitrogens with one attached hydrogen (secondary N) is 2. The Kier molecular flexibility index (Phi) is 6.67. The van der Waals surface area contributed by atoms with Gasteiger partial charge in [0.15, 0.2) is 0 Å². The lowest BCUT2D eigenvalue weighted by atomic mass is 10.1. The molecule has 1 aliphatic rings. The Morgan fingerprint density at radius 1 is 1.48 bits per heavy atom. The van der Waals surface area contributed by atoms with Crippen LogP contribution in [0.5, 0.6) is 5.75 Å². The Morgan fingerprint density at radius 3 is 2.91 bits per heavy atom. The molecule has 1 aromatic rings. The summed E-state index contributed by atoms with van der Waals surface area (Å²) in [5.74, 6) is 0.273. The van der Waals surface area contributed by atoms with Crippen molar-refractivity contribution in [3.8, 4) is 5.75 Å². The summed E-state index contributed by atoms with van der Waals surface area (Å²) in [7, 11) is -2.15. The second kappa shape index (κ2) is 8.30. The molecule has 8 heteroatoms. The largest absolute Gasteiger partial charge is 0.487 e. The summed E-state index contributed by atoms with van der Waals surface area (Å²) in [4.78, 5) is 0.0542. The number of hydrogen-bond acceptors (Lipinski definition) is 5. The van der Waals surface area contributed by atoms with Crippen molar-refractivity contribution in [3.63, 3.8) is 0 Å². The van der Waals surface area contributed by atoms with E-state index in [2.05, 4.69) is 10.0 Å². The summed E-state index contributed by atoms with van der Waals surface area (Å²) >= 11 is 5.98. The Morgan fingerprint density at radius 2 is 2.26 bits per heavy atom. The second-order valence-corrected chi connectivity index (χ2v) is 7.76. The smallest absolute Gasteiger partial charge is 0.244 e. The normalized spacial score (nSPS) is 20.2. The van der Waals surface area contributed by atoms with Gasteiger partial charge in [-0.15, -0.1) is 0 Å². The van der Waals surface area contributed by atoms with Gasteiger partial charge in [-0.3, -0.25) is 0 Å². The molecular formula is C15H23ClN2O4S. The van der Waals surface area contributed by atoms with Crippen LogP contribution in [0.1, 0.15) is 19.8 Å². The van der Waals surface area contributed by atoms with E-state index in [1.54, 1.807) is 19.2 Å². The van der Waals surface area contributed by atoms with Gasteiger partial charge in [0, 0.05) is 24.7 Å². The zero-order valence-corrected chi connectivity index (χ0v) is 14.9. The quantitative estimate of drug-likeness (QED) is 0.773. The van der Waals surface area contributed by atoms with Crippen LogP contribution in [0, 0.1) is 0 Å². The number of methoxy groups -OCH3 is 1. The van der Waals surface area contributed by atoms with Crippen molar-refractivity contribution >= 4 is 21.6 Å². The van der Waals surface area contributed by atoms with Crippen molar-refractivity contribution in [2.45, 2.75) is 36.8 Å². The predicted octanol–water partition coefficient (Wildman–Crippen LogP) is 1.78. The van der Waals surface area contributed by atoms with Crippen molar-refractivity contribution in [1.82, 2.24) is 10.0 Å². The first-order valence-electron chi connectivity index (χ1n) is 7.60. The number of piperidine rings is 1. The fraction of sp³-hybridized carbons (Fsp3) is 0.600. The van der Waals surface area contributed by atoms with Gasteiger partial charge < -0.3 is 14.8 Å². The molecule has 1 fully saturated rings. The number of benzene rings is 1. The minimum atomic E-state index is -3.71.